The average molecular weight is 331 g/mol. The van der Waals surface area contributed by atoms with Crippen molar-refractivity contribution in [1.29, 1.82) is 0 Å². The summed E-state index contributed by atoms with van der Waals surface area (Å²) in [6.45, 7) is 1.12. The van der Waals surface area contributed by atoms with Gasteiger partial charge in [0.25, 0.3) is 0 Å². The Morgan fingerprint density at radius 3 is 3.00 bits per heavy atom. The van der Waals surface area contributed by atoms with Crippen molar-refractivity contribution in [2.45, 2.75) is 24.9 Å². The molecule has 3 rings (SSSR count). The number of hydrogen-bond donors (Lipinski definition) is 2. The number of rotatable bonds is 1. The van der Waals surface area contributed by atoms with Gasteiger partial charge >= 0.3 is 6.03 Å². The van der Waals surface area contributed by atoms with Gasteiger partial charge in [0.1, 0.15) is 0 Å². The number of carbonyl (C=O) groups excluding carboxylic acids is 1. The average Bonchev–Trinajstić information content (AvgIpc) is 2.92. The summed E-state index contributed by atoms with van der Waals surface area (Å²) in [6, 6.07) is 2.72. The largest absolute Gasteiger partial charge is 0.333 e. The molecule has 2 heterocycles. The number of amides is 1. The first-order chi connectivity index (χ1) is 7.72. The highest BCUT2D eigenvalue weighted by Crippen LogP contribution is 2.31. The molecule has 2 bridgehead atoms. The maximum atomic E-state index is 11.9. The van der Waals surface area contributed by atoms with Crippen molar-refractivity contribution < 1.29 is 4.79 Å². The van der Waals surface area contributed by atoms with Crippen LogP contribution in [0.3, 0.4) is 0 Å². The maximum Gasteiger partial charge on any atom is 0.325 e. The number of hydrogen-bond acceptors (Lipinski definition) is 2. The molecule has 1 saturated carbocycles. The van der Waals surface area contributed by atoms with E-state index < -0.39 is 0 Å². The highest BCUT2D eigenvalue weighted by molar-refractivity contribution is 14.1. The van der Waals surface area contributed by atoms with E-state index in [1.54, 1.807) is 10.8 Å². The van der Waals surface area contributed by atoms with Gasteiger partial charge in [-0.15, -0.1) is 0 Å². The lowest BCUT2D eigenvalue weighted by Gasteiger charge is -2.23. The summed E-state index contributed by atoms with van der Waals surface area (Å²) < 4.78 is 2.70. The van der Waals surface area contributed by atoms with E-state index in [9.17, 15) is 4.79 Å². The van der Waals surface area contributed by atoms with Crippen LogP contribution in [0.15, 0.2) is 18.5 Å². The molecule has 0 spiro atoms. The predicted molar refractivity (Wildman–Crippen MR) is 69.4 cm³/mol. The number of carbonyl (C=O) groups is 1. The molecule has 5 heteroatoms. The summed E-state index contributed by atoms with van der Waals surface area (Å²) in [4.78, 5) is 11.9. The maximum absolute atomic E-state index is 11.9. The van der Waals surface area contributed by atoms with E-state index in [1.165, 1.54) is 6.42 Å². The molecule has 3 unspecified atom stereocenters. The lowest BCUT2D eigenvalue weighted by atomic mass is 10.1. The van der Waals surface area contributed by atoms with E-state index in [0.717, 1.165) is 22.5 Å². The summed E-state index contributed by atoms with van der Waals surface area (Å²) in [5.74, 6) is 0.764. The SMILES string of the molecule is O=C(NC1CC2CNC1C2)n1ccc(I)c1. The molecule has 0 radical (unpaired) electrons. The van der Waals surface area contributed by atoms with Crippen LogP contribution >= 0.6 is 22.6 Å². The van der Waals surface area contributed by atoms with Gasteiger partial charge in [0.2, 0.25) is 0 Å². The minimum Gasteiger partial charge on any atom is -0.333 e. The smallest absolute Gasteiger partial charge is 0.325 e. The summed E-state index contributed by atoms with van der Waals surface area (Å²) in [5, 5.41) is 6.54. The van der Waals surface area contributed by atoms with Gasteiger partial charge in [-0.2, -0.15) is 0 Å². The molecule has 0 aromatic carbocycles. The Kier molecular flexibility index (Phi) is 2.67. The summed E-state index contributed by atoms with van der Waals surface area (Å²) in [7, 11) is 0. The highest BCUT2D eigenvalue weighted by Gasteiger charge is 2.40. The zero-order valence-corrected chi connectivity index (χ0v) is 11.0. The first-order valence-electron chi connectivity index (χ1n) is 5.60. The number of piperidine rings is 1. The monoisotopic (exact) mass is 331 g/mol. The van der Waals surface area contributed by atoms with Crippen molar-refractivity contribution in [2.24, 2.45) is 5.92 Å². The first kappa shape index (κ1) is 10.6. The van der Waals surface area contributed by atoms with Crippen LogP contribution in [0.5, 0.6) is 0 Å². The topological polar surface area (TPSA) is 46.1 Å². The van der Waals surface area contributed by atoms with E-state index >= 15 is 0 Å². The molecule has 1 aliphatic carbocycles. The second-order valence-corrected chi connectivity index (χ2v) is 5.89. The van der Waals surface area contributed by atoms with Crippen molar-refractivity contribution in [3.05, 3.63) is 22.0 Å². The zero-order valence-electron chi connectivity index (χ0n) is 8.82. The Labute approximate surface area is 108 Å². The van der Waals surface area contributed by atoms with Crippen molar-refractivity contribution in [1.82, 2.24) is 15.2 Å². The Morgan fingerprint density at radius 1 is 1.56 bits per heavy atom. The van der Waals surface area contributed by atoms with E-state index in [1.807, 2.05) is 12.3 Å². The number of halogens is 1. The number of nitrogens with one attached hydrogen (secondary N) is 2. The van der Waals surface area contributed by atoms with Crippen LogP contribution in [0, 0.1) is 9.49 Å². The molecule has 16 heavy (non-hydrogen) atoms. The lowest BCUT2D eigenvalue weighted by Crippen LogP contribution is -2.48. The van der Waals surface area contributed by atoms with E-state index in [-0.39, 0.29) is 6.03 Å². The van der Waals surface area contributed by atoms with Crippen molar-refractivity contribution >= 4 is 28.6 Å². The molecular formula is C11H14IN3O. The molecule has 1 aromatic rings. The second kappa shape index (κ2) is 4.03. The van der Waals surface area contributed by atoms with E-state index in [2.05, 4.69) is 33.2 Å². The van der Waals surface area contributed by atoms with Crippen LogP contribution < -0.4 is 10.6 Å². The molecule has 2 N–H and O–H groups in total. The molecule has 1 saturated heterocycles. The summed E-state index contributed by atoms with van der Waals surface area (Å²) in [6.07, 6.45) is 5.99. The molecule has 1 aliphatic heterocycles. The number of aromatic nitrogens is 1. The zero-order chi connectivity index (χ0) is 11.1. The van der Waals surface area contributed by atoms with Crippen LogP contribution in [0.25, 0.3) is 0 Å². The third-order valence-electron chi connectivity index (χ3n) is 3.53. The first-order valence-corrected chi connectivity index (χ1v) is 6.68. The molecule has 2 aliphatic rings. The van der Waals surface area contributed by atoms with Crippen molar-refractivity contribution in [2.75, 3.05) is 6.54 Å². The predicted octanol–water partition coefficient (Wildman–Crippen LogP) is 1.40. The Hall–Kier alpha value is -0.560. The van der Waals surface area contributed by atoms with Gasteiger partial charge < -0.3 is 10.6 Å². The minimum absolute atomic E-state index is 0.0118. The normalized spacial score (nSPS) is 31.9. The Bertz CT molecular complexity index is 417. The van der Waals surface area contributed by atoms with Gasteiger partial charge in [0, 0.05) is 28.0 Å². The van der Waals surface area contributed by atoms with Crippen molar-refractivity contribution in [3.63, 3.8) is 0 Å². The fourth-order valence-corrected chi connectivity index (χ4v) is 3.20. The van der Waals surface area contributed by atoms with E-state index in [4.69, 9.17) is 0 Å². The fourth-order valence-electron chi connectivity index (χ4n) is 2.74. The summed E-state index contributed by atoms with van der Waals surface area (Å²) in [5.41, 5.74) is 0. The fraction of sp³-hybridized carbons (Fsp3) is 0.545. The van der Waals surface area contributed by atoms with Crippen LogP contribution in [-0.4, -0.2) is 29.2 Å². The molecular weight excluding hydrogens is 317 g/mol. The van der Waals surface area contributed by atoms with Gasteiger partial charge in [-0.25, -0.2) is 4.79 Å². The standard InChI is InChI=1S/C11H14IN3O/c12-8-1-2-15(6-8)11(16)14-10-4-7-3-9(10)13-5-7/h1-2,6-7,9-10,13H,3-5H2,(H,14,16). The van der Waals surface area contributed by atoms with Gasteiger partial charge in [-0.1, -0.05) is 0 Å². The molecule has 86 valence electrons. The quantitative estimate of drug-likeness (QED) is 0.765. The van der Waals surface area contributed by atoms with Crippen LogP contribution in [0.2, 0.25) is 0 Å². The Balaban J connectivity index is 1.65. The van der Waals surface area contributed by atoms with Gasteiger partial charge in [0.05, 0.1) is 0 Å². The molecule has 1 amide bonds. The van der Waals surface area contributed by atoms with Crippen LogP contribution in [0.4, 0.5) is 4.79 Å². The van der Waals surface area contributed by atoms with Gasteiger partial charge in [-0.05, 0) is 54.0 Å². The Morgan fingerprint density at radius 2 is 2.44 bits per heavy atom. The molecule has 3 atom stereocenters. The highest BCUT2D eigenvalue weighted by atomic mass is 127. The third-order valence-corrected chi connectivity index (χ3v) is 4.17. The molecule has 1 aromatic heterocycles. The number of nitrogens with zero attached hydrogens (tertiary/aromatic N) is 1. The number of fused-ring (bicyclic) bond motifs is 2. The van der Waals surface area contributed by atoms with Crippen LogP contribution in [0.1, 0.15) is 12.8 Å². The van der Waals surface area contributed by atoms with Gasteiger partial charge in [-0.3, -0.25) is 4.57 Å². The molecule has 4 nitrogen and oxygen atoms in total. The lowest BCUT2D eigenvalue weighted by molar-refractivity contribution is 0.234. The van der Waals surface area contributed by atoms with Crippen molar-refractivity contribution in [3.8, 4) is 0 Å². The third kappa shape index (κ3) is 1.86. The summed E-state index contributed by atoms with van der Waals surface area (Å²) >= 11 is 2.20. The molecule has 2 fully saturated rings. The second-order valence-electron chi connectivity index (χ2n) is 4.65. The minimum atomic E-state index is -0.0118. The van der Waals surface area contributed by atoms with Gasteiger partial charge in [0.15, 0.2) is 0 Å². The van der Waals surface area contributed by atoms with E-state index in [0.29, 0.717) is 12.1 Å². The van der Waals surface area contributed by atoms with Crippen LogP contribution in [-0.2, 0) is 0 Å².